The monoisotopic (exact) mass is 190 g/mol. The van der Waals surface area contributed by atoms with Gasteiger partial charge in [-0.3, -0.25) is 10.1 Å². The summed E-state index contributed by atoms with van der Waals surface area (Å²) in [5.74, 6) is 0. The molecule has 72 valence electrons. The van der Waals surface area contributed by atoms with Gasteiger partial charge < -0.3 is 4.98 Å². The Morgan fingerprint density at radius 2 is 2.29 bits per heavy atom. The summed E-state index contributed by atoms with van der Waals surface area (Å²) in [7, 11) is 0. The molecule has 0 spiro atoms. The van der Waals surface area contributed by atoms with Gasteiger partial charge in [0, 0.05) is 12.3 Å². The molecule has 0 fully saturated rings. The molecule has 1 heterocycles. The minimum absolute atomic E-state index is 0.181. The van der Waals surface area contributed by atoms with Crippen LogP contribution in [0, 0.1) is 10.1 Å². The summed E-state index contributed by atoms with van der Waals surface area (Å²) in [6.07, 6.45) is 2.63. The number of hydrogen-bond donors (Lipinski definition) is 1. The number of rotatable bonds is 2. The first-order chi connectivity index (χ1) is 6.74. The first-order valence-electron chi connectivity index (χ1n) is 4.47. The highest BCUT2D eigenvalue weighted by molar-refractivity contribution is 5.91. The third-order valence-electron chi connectivity index (χ3n) is 2.34. The van der Waals surface area contributed by atoms with E-state index >= 15 is 0 Å². The predicted molar refractivity (Wildman–Crippen MR) is 54.3 cm³/mol. The number of fused-ring (bicyclic) bond motifs is 1. The fourth-order valence-corrected chi connectivity index (χ4v) is 1.67. The third kappa shape index (κ3) is 1.16. The molecule has 14 heavy (non-hydrogen) atoms. The Balaban J connectivity index is 2.81. The quantitative estimate of drug-likeness (QED) is 0.584. The lowest BCUT2D eigenvalue weighted by atomic mass is 10.1. The highest BCUT2D eigenvalue weighted by Crippen LogP contribution is 2.28. The Morgan fingerprint density at radius 3 is 2.93 bits per heavy atom. The zero-order chi connectivity index (χ0) is 10.1. The molecule has 0 aliphatic rings. The minimum atomic E-state index is -0.338. The molecule has 1 N–H and O–H groups in total. The van der Waals surface area contributed by atoms with Gasteiger partial charge in [-0.25, -0.2) is 0 Å². The first-order valence-corrected chi connectivity index (χ1v) is 4.47. The normalized spacial score (nSPS) is 10.6. The Bertz CT molecular complexity index is 488. The van der Waals surface area contributed by atoms with Crippen LogP contribution in [0.4, 0.5) is 5.69 Å². The summed E-state index contributed by atoms with van der Waals surface area (Å²) >= 11 is 0. The van der Waals surface area contributed by atoms with E-state index in [1.807, 2.05) is 19.2 Å². The molecule has 0 bridgehead atoms. The van der Waals surface area contributed by atoms with Crippen LogP contribution in [-0.4, -0.2) is 9.91 Å². The molecule has 4 heteroatoms. The molecule has 2 rings (SSSR count). The van der Waals surface area contributed by atoms with Gasteiger partial charge in [-0.05, 0) is 18.1 Å². The van der Waals surface area contributed by atoms with Gasteiger partial charge in [-0.1, -0.05) is 13.0 Å². The zero-order valence-corrected chi connectivity index (χ0v) is 7.78. The number of nitrogens with zero attached hydrogens (tertiary/aromatic N) is 1. The molecule has 1 aromatic carbocycles. The zero-order valence-electron chi connectivity index (χ0n) is 7.78. The van der Waals surface area contributed by atoms with Crippen molar-refractivity contribution in [1.82, 2.24) is 4.98 Å². The van der Waals surface area contributed by atoms with Gasteiger partial charge in [0.2, 0.25) is 0 Å². The lowest BCUT2D eigenvalue weighted by Crippen LogP contribution is -1.89. The number of aryl methyl sites for hydroxylation is 1. The summed E-state index contributed by atoms with van der Waals surface area (Å²) in [5.41, 5.74) is 2.00. The molecule has 0 radical (unpaired) electrons. The van der Waals surface area contributed by atoms with Crippen LogP contribution >= 0.6 is 0 Å². The molecule has 1 aromatic heterocycles. The standard InChI is InChI=1S/C10H10N2O2/c1-2-7-6-11-8-4-3-5-9(10(7)8)12(13)14/h3-6,11H,2H2,1H3. The number of nitrogens with one attached hydrogen (secondary N) is 1. The molecule has 4 nitrogen and oxygen atoms in total. The molecule has 0 aliphatic carbocycles. The molecule has 0 unspecified atom stereocenters. The molecule has 0 aliphatic heterocycles. The van der Waals surface area contributed by atoms with Crippen molar-refractivity contribution in [1.29, 1.82) is 0 Å². The number of aromatic amines is 1. The molecular formula is C10H10N2O2. The van der Waals surface area contributed by atoms with Crippen molar-refractivity contribution in [3.8, 4) is 0 Å². The summed E-state index contributed by atoms with van der Waals surface area (Å²) < 4.78 is 0. The van der Waals surface area contributed by atoms with Crippen LogP contribution in [0.3, 0.4) is 0 Å². The lowest BCUT2D eigenvalue weighted by Gasteiger charge is -1.95. The average molecular weight is 190 g/mol. The fourth-order valence-electron chi connectivity index (χ4n) is 1.67. The number of hydrogen-bond acceptors (Lipinski definition) is 2. The van der Waals surface area contributed by atoms with Crippen molar-refractivity contribution in [2.75, 3.05) is 0 Å². The van der Waals surface area contributed by atoms with Gasteiger partial charge in [0.1, 0.15) is 0 Å². The van der Waals surface area contributed by atoms with Crippen LogP contribution in [0.5, 0.6) is 0 Å². The molecule has 2 aromatic rings. The minimum Gasteiger partial charge on any atom is -0.361 e. The topological polar surface area (TPSA) is 58.9 Å². The van der Waals surface area contributed by atoms with Crippen LogP contribution in [0.15, 0.2) is 24.4 Å². The van der Waals surface area contributed by atoms with E-state index in [9.17, 15) is 10.1 Å². The number of benzene rings is 1. The predicted octanol–water partition coefficient (Wildman–Crippen LogP) is 2.64. The SMILES string of the molecule is CCc1c[nH]c2cccc([N+](=O)[O-])c12. The Morgan fingerprint density at radius 1 is 1.50 bits per heavy atom. The van der Waals surface area contributed by atoms with Crippen LogP contribution < -0.4 is 0 Å². The van der Waals surface area contributed by atoms with E-state index in [2.05, 4.69) is 4.98 Å². The van der Waals surface area contributed by atoms with E-state index < -0.39 is 0 Å². The van der Waals surface area contributed by atoms with E-state index in [1.165, 1.54) is 6.07 Å². The smallest absolute Gasteiger partial charge is 0.279 e. The highest BCUT2D eigenvalue weighted by atomic mass is 16.6. The summed E-state index contributed by atoms with van der Waals surface area (Å²) in [6, 6.07) is 5.08. The third-order valence-corrected chi connectivity index (χ3v) is 2.34. The van der Waals surface area contributed by atoms with Gasteiger partial charge in [-0.2, -0.15) is 0 Å². The second kappa shape index (κ2) is 3.14. The van der Waals surface area contributed by atoms with Gasteiger partial charge in [0.05, 0.1) is 15.8 Å². The number of nitro groups is 1. The molecule has 0 saturated carbocycles. The van der Waals surface area contributed by atoms with E-state index in [4.69, 9.17) is 0 Å². The Labute approximate surface area is 80.7 Å². The van der Waals surface area contributed by atoms with Crippen LogP contribution in [0.1, 0.15) is 12.5 Å². The lowest BCUT2D eigenvalue weighted by molar-refractivity contribution is -0.383. The van der Waals surface area contributed by atoms with Crippen LogP contribution in [0.2, 0.25) is 0 Å². The van der Waals surface area contributed by atoms with Crippen molar-refractivity contribution < 1.29 is 4.92 Å². The maximum Gasteiger partial charge on any atom is 0.279 e. The van der Waals surface area contributed by atoms with Crippen molar-refractivity contribution in [3.63, 3.8) is 0 Å². The Kier molecular flexibility index (Phi) is 1.96. The van der Waals surface area contributed by atoms with Gasteiger partial charge in [0.25, 0.3) is 5.69 Å². The molecule has 0 saturated heterocycles. The maximum absolute atomic E-state index is 10.8. The van der Waals surface area contributed by atoms with Crippen LogP contribution in [0.25, 0.3) is 10.9 Å². The van der Waals surface area contributed by atoms with Crippen molar-refractivity contribution in [3.05, 3.63) is 40.1 Å². The van der Waals surface area contributed by atoms with E-state index in [-0.39, 0.29) is 10.6 Å². The first kappa shape index (κ1) is 8.74. The summed E-state index contributed by atoms with van der Waals surface area (Å²) in [4.78, 5) is 13.5. The van der Waals surface area contributed by atoms with Gasteiger partial charge in [-0.15, -0.1) is 0 Å². The van der Waals surface area contributed by atoms with Crippen molar-refractivity contribution >= 4 is 16.6 Å². The average Bonchev–Trinajstić information content (AvgIpc) is 2.59. The summed E-state index contributed by atoms with van der Waals surface area (Å²) in [5, 5.41) is 11.5. The van der Waals surface area contributed by atoms with E-state index in [0.29, 0.717) is 0 Å². The number of nitro benzene ring substituents is 1. The summed E-state index contributed by atoms with van der Waals surface area (Å²) in [6.45, 7) is 1.99. The molecular weight excluding hydrogens is 180 g/mol. The van der Waals surface area contributed by atoms with Crippen molar-refractivity contribution in [2.24, 2.45) is 0 Å². The van der Waals surface area contributed by atoms with E-state index in [1.54, 1.807) is 6.07 Å². The fraction of sp³-hybridized carbons (Fsp3) is 0.200. The molecule has 0 amide bonds. The largest absolute Gasteiger partial charge is 0.361 e. The Hall–Kier alpha value is -1.84. The van der Waals surface area contributed by atoms with Gasteiger partial charge in [0.15, 0.2) is 0 Å². The second-order valence-electron chi connectivity index (χ2n) is 3.12. The van der Waals surface area contributed by atoms with Crippen LogP contribution in [-0.2, 0) is 6.42 Å². The number of aromatic nitrogens is 1. The second-order valence-corrected chi connectivity index (χ2v) is 3.12. The number of H-pyrrole nitrogens is 1. The maximum atomic E-state index is 10.8. The highest BCUT2D eigenvalue weighted by Gasteiger charge is 2.14. The van der Waals surface area contributed by atoms with Gasteiger partial charge >= 0.3 is 0 Å². The van der Waals surface area contributed by atoms with Crippen molar-refractivity contribution in [2.45, 2.75) is 13.3 Å². The molecule has 0 atom stereocenters. The van der Waals surface area contributed by atoms with E-state index in [0.717, 1.165) is 22.9 Å². The number of non-ortho nitro benzene ring substituents is 1.